The number of rotatable bonds is 6. The number of thioether (sulfide) groups is 1. The number of carbonyl (C=O) groups excluding carboxylic acids is 1. The number of hydrogen-bond donors (Lipinski definition) is 2. The van der Waals surface area contributed by atoms with E-state index in [1.807, 2.05) is 12.3 Å². The Morgan fingerprint density at radius 1 is 1.33 bits per heavy atom. The van der Waals surface area contributed by atoms with Crippen LogP contribution in [0.15, 0.2) is 45.9 Å². The first-order valence-electron chi connectivity index (χ1n) is 8.05. The summed E-state index contributed by atoms with van der Waals surface area (Å²) >= 11 is 1.45. The molecule has 0 bridgehead atoms. The number of fused-ring (bicyclic) bond motifs is 1. The molecule has 0 aliphatic carbocycles. The minimum absolute atomic E-state index is 0.215. The molecule has 1 unspecified atom stereocenters. The molecule has 0 saturated heterocycles. The van der Waals surface area contributed by atoms with E-state index in [2.05, 4.69) is 28.4 Å². The summed E-state index contributed by atoms with van der Waals surface area (Å²) in [4.78, 5) is 14.2. The van der Waals surface area contributed by atoms with E-state index in [4.69, 9.17) is 4.42 Å². The SMILES string of the molecule is CSc1ccc(C(=O)NCC(O)CN2CCc3ccccc3C2)o1. The van der Waals surface area contributed by atoms with Crippen LogP contribution in [0.3, 0.4) is 0 Å². The molecule has 5 nitrogen and oxygen atoms in total. The zero-order chi connectivity index (χ0) is 16.9. The lowest BCUT2D eigenvalue weighted by atomic mass is 10.00. The van der Waals surface area contributed by atoms with Crippen molar-refractivity contribution in [3.8, 4) is 0 Å². The minimum atomic E-state index is -0.603. The van der Waals surface area contributed by atoms with Gasteiger partial charge in [0.2, 0.25) is 0 Å². The molecule has 1 aliphatic heterocycles. The Balaban J connectivity index is 1.46. The Morgan fingerprint density at radius 3 is 2.88 bits per heavy atom. The van der Waals surface area contributed by atoms with Crippen molar-refractivity contribution < 1.29 is 14.3 Å². The van der Waals surface area contributed by atoms with Gasteiger partial charge in [-0.05, 0) is 35.9 Å². The second kappa shape index (κ2) is 7.88. The van der Waals surface area contributed by atoms with Crippen LogP contribution in [-0.4, -0.2) is 47.9 Å². The van der Waals surface area contributed by atoms with Crippen molar-refractivity contribution in [2.24, 2.45) is 0 Å². The van der Waals surface area contributed by atoms with Crippen molar-refractivity contribution in [2.45, 2.75) is 24.2 Å². The van der Waals surface area contributed by atoms with E-state index in [1.54, 1.807) is 12.1 Å². The molecule has 128 valence electrons. The summed E-state index contributed by atoms with van der Waals surface area (Å²) in [6.45, 7) is 2.53. The number of β-amino-alcohol motifs (C(OH)–C–C–N with tert-alkyl or cyclic N) is 1. The number of carbonyl (C=O) groups is 1. The monoisotopic (exact) mass is 346 g/mol. The molecule has 0 fully saturated rings. The predicted octanol–water partition coefficient (Wildman–Crippen LogP) is 2.15. The van der Waals surface area contributed by atoms with Crippen LogP contribution in [0.5, 0.6) is 0 Å². The first-order valence-corrected chi connectivity index (χ1v) is 9.27. The highest BCUT2D eigenvalue weighted by Crippen LogP contribution is 2.19. The van der Waals surface area contributed by atoms with Crippen LogP contribution in [0.25, 0.3) is 0 Å². The van der Waals surface area contributed by atoms with Gasteiger partial charge in [-0.3, -0.25) is 9.69 Å². The number of nitrogens with zero attached hydrogens (tertiary/aromatic N) is 1. The maximum Gasteiger partial charge on any atom is 0.287 e. The number of aliphatic hydroxyl groups is 1. The van der Waals surface area contributed by atoms with Gasteiger partial charge in [-0.25, -0.2) is 0 Å². The predicted molar refractivity (Wildman–Crippen MR) is 94.3 cm³/mol. The van der Waals surface area contributed by atoms with Crippen molar-refractivity contribution in [3.63, 3.8) is 0 Å². The van der Waals surface area contributed by atoms with Crippen LogP contribution in [0.1, 0.15) is 21.7 Å². The van der Waals surface area contributed by atoms with E-state index < -0.39 is 6.10 Å². The fraction of sp³-hybridized carbons (Fsp3) is 0.389. The number of furan rings is 1. The Morgan fingerprint density at radius 2 is 2.12 bits per heavy atom. The average Bonchev–Trinajstić information content (AvgIpc) is 3.09. The molecule has 0 spiro atoms. The number of aliphatic hydroxyl groups excluding tert-OH is 1. The lowest BCUT2D eigenvalue weighted by Crippen LogP contribution is -2.41. The van der Waals surface area contributed by atoms with Gasteiger partial charge in [0.1, 0.15) is 0 Å². The molecule has 0 radical (unpaired) electrons. The number of amides is 1. The van der Waals surface area contributed by atoms with Gasteiger partial charge in [-0.2, -0.15) is 0 Å². The van der Waals surface area contributed by atoms with E-state index in [9.17, 15) is 9.90 Å². The normalized spacial score (nSPS) is 15.8. The molecule has 1 aromatic heterocycles. The fourth-order valence-corrected chi connectivity index (χ4v) is 3.30. The van der Waals surface area contributed by atoms with Crippen molar-refractivity contribution in [2.75, 3.05) is 25.9 Å². The molecule has 1 amide bonds. The Kier molecular flexibility index (Phi) is 5.60. The van der Waals surface area contributed by atoms with Crippen molar-refractivity contribution in [1.29, 1.82) is 0 Å². The first kappa shape index (κ1) is 17.1. The van der Waals surface area contributed by atoms with Gasteiger partial charge in [0.25, 0.3) is 5.91 Å². The highest BCUT2D eigenvalue weighted by Gasteiger charge is 2.19. The van der Waals surface area contributed by atoms with Crippen LogP contribution >= 0.6 is 11.8 Å². The number of benzene rings is 1. The van der Waals surface area contributed by atoms with Gasteiger partial charge in [0.05, 0.1) is 6.10 Å². The molecule has 2 heterocycles. The van der Waals surface area contributed by atoms with E-state index in [1.165, 1.54) is 22.9 Å². The topological polar surface area (TPSA) is 65.7 Å². The molecule has 1 aromatic carbocycles. The van der Waals surface area contributed by atoms with E-state index in [0.29, 0.717) is 11.6 Å². The van der Waals surface area contributed by atoms with E-state index in [0.717, 1.165) is 19.5 Å². The number of nitrogens with one attached hydrogen (secondary N) is 1. The van der Waals surface area contributed by atoms with Gasteiger partial charge in [0.15, 0.2) is 10.9 Å². The maximum absolute atomic E-state index is 12.0. The van der Waals surface area contributed by atoms with Gasteiger partial charge in [0, 0.05) is 26.2 Å². The van der Waals surface area contributed by atoms with Gasteiger partial charge >= 0.3 is 0 Å². The van der Waals surface area contributed by atoms with Crippen LogP contribution in [0.4, 0.5) is 0 Å². The molecule has 2 aromatic rings. The zero-order valence-electron chi connectivity index (χ0n) is 13.7. The van der Waals surface area contributed by atoms with Crippen LogP contribution in [-0.2, 0) is 13.0 Å². The highest BCUT2D eigenvalue weighted by atomic mass is 32.2. The third-order valence-corrected chi connectivity index (χ3v) is 4.81. The lowest BCUT2D eigenvalue weighted by molar-refractivity contribution is 0.0817. The maximum atomic E-state index is 12.0. The smallest absolute Gasteiger partial charge is 0.287 e. The molecular formula is C18H22N2O3S. The third kappa shape index (κ3) is 4.20. The summed E-state index contributed by atoms with van der Waals surface area (Å²) in [6.07, 6.45) is 2.29. The van der Waals surface area contributed by atoms with E-state index in [-0.39, 0.29) is 18.2 Å². The fourth-order valence-electron chi connectivity index (χ4n) is 2.92. The van der Waals surface area contributed by atoms with Gasteiger partial charge in [-0.1, -0.05) is 36.0 Å². The van der Waals surface area contributed by atoms with Crippen LogP contribution < -0.4 is 5.32 Å². The van der Waals surface area contributed by atoms with Gasteiger partial charge < -0.3 is 14.8 Å². The summed E-state index contributed by atoms with van der Waals surface area (Å²) in [5, 5.41) is 13.6. The average molecular weight is 346 g/mol. The summed E-state index contributed by atoms with van der Waals surface area (Å²) in [6, 6.07) is 11.8. The zero-order valence-corrected chi connectivity index (χ0v) is 14.5. The van der Waals surface area contributed by atoms with Crippen LogP contribution in [0.2, 0.25) is 0 Å². The van der Waals surface area contributed by atoms with Crippen molar-refractivity contribution >= 4 is 17.7 Å². The largest absolute Gasteiger partial charge is 0.445 e. The molecule has 1 aliphatic rings. The molecular weight excluding hydrogens is 324 g/mol. The van der Waals surface area contributed by atoms with Gasteiger partial charge in [-0.15, -0.1) is 0 Å². The first-order chi connectivity index (χ1) is 11.7. The second-order valence-electron chi connectivity index (χ2n) is 5.94. The molecule has 24 heavy (non-hydrogen) atoms. The molecule has 1 atom stereocenters. The third-order valence-electron chi connectivity index (χ3n) is 4.18. The van der Waals surface area contributed by atoms with Crippen molar-refractivity contribution in [1.82, 2.24) is 10.2 Å². The van der Waals surface area contributed by atoms with Crippen LogP contribution in [0, 0.1) is 0 Å². The second-order valence-corrected chi connectivity index (χ2v) is 6.75. The Labute approximate surface area is 146 Å². The van der Waals surface area contributed by atoms with E-state index >= 15 is 0 Å². The highest BCUT2D eigenvalue weighted by molar-refractivity contribution is 7.98. The summed E-state index contributed by atoms with van der Waals surface area (Å²) in [5.41, 5.74) is 2.71. The summed E-state index contributed by atoms with van der Waals surface area (Å²) < 4.78 is 5.37. The summed E-state index contributed by atoms with van der Waals surface area (Å²) in [5.74, 6) is -0.0169. The summed E-state index contributed by atoms with van der Waals surface area (Å²) in [7, 11) is 0. The Hall–Kier alpha value is -1.76. The standard InChI is InChI=1S/C18H22N2O3S/c1-24-17-7-6-16(23-17)18(22)19-10-15(21)12-20-9-8-13-4-2-3-5-14(13)11-20/h2-7,15,21H,8-12H2,1H3,(H,19,22). The molecule has 0 saturated carbocycles. The quantitative estimate of drug-likeness (QED) is 0.785. The van der Waals surface area contributed by atoms with Crippen molar-refractivity contribution in [3.05, 3.63) is 53.3 Å². The lowest BCUT2D eigenvalue weighted by Gasteiger charge is -2.30. The minimum Gasteiger partial charge on any atom is -0.445 e. The molecule has 6 heteroatoms. The molecule has 3 rings (SSSR count). The Bertz CT molecular complexity index is 701. The number of hydrogen-bond acceptors (Lipinski definition) is 5. The molecule has 2 N–H and O–H groups in total.